The molecule has 0 bridgehead atoms. The summed E-state index contributed by atoms with van der Waals surface area (Å²) in [6, 6.07) is 9.39. The van der Waals surface area contributed by atoms with Crippen molar-refractivity contribution >= 4 is 17.0 Å². The first-order chi connectivity index (χ1) is 11.1. The molecule has 0 N–H and O–H groups in total. The number of pyridine rings is 1. The largest absolute Gasteiger partial charge is 0.805 e. The molecule has 3 rings (SSSR count). The van der Waals surface area contributed by atoms with Crippen LogP contribution in [-0.4, -0.2) is 22.3 Å². The Morgan fingerprint density at radius 1 is 1.26 bits per heavy atom. The van der Waals surface area contributed by atoms with Crippen LogP contribution in [0.15, 0.2) is 48.8 Å². The fraction of sp³-hybridized carbons (Fsp3) is 0.125. The van der Waals surface area contributed by atoms with E-state index in [0.29, 0.717) is 14.7 Å². The van der Waals surface area contributed by atoms with Crippen LogP contribution >= 0.6 is 0 Å². The molecule has 0 spiro atoms. The number of esters is 1. The fourth-order valence-electron chi connectivity index (χ4n) is 2.38. The number of carbonyl (C=O) groups is 1. The number of fused-ring (bicyclic) bond motifs is 1. The number of benzene rings is 1. The smallest absolute Gasteiger partial charge is 0.361 e. The summed E-state index contributed by atoms with van der Waals surface area (Å²) >= 11 is 0. The van der Waals surface area contributed by atoms with Crippen LogP contribution in [-0.2, 0) is 4.74 Å². The van der Waals surface area contributed by atoms with E-state index in [0.717, 1.165) is 0 Å². The highest BCUT2D eigenvalue weighted by Crippen LogP contribution is 2.23. The van der Waals surface area contributed by atoms with Crippen molar-refractivity contribution < 1.29 is 14.0 Å². The van der Waals surface area contributed by atoms with Crippen LogP contribution in [0.4, 0.5) is 0 Å². The van der Waals surface area contributed by atoms with Crippen molar-refractivity contribution in [2.75, 3.05) is 6.61 Å². The van der Waals surface area contributed by atoms with E-state index in [4.69, 9.17) is 4.74 Å². The lowest BCUT2D eigenvalue weighted by Crippen LogP contribution is -2.28. The van der Waals surface area contributed by atoms with Crippen LogP contribution in [0, 0.1) is 10.1 Å². The van der Waals surface area contributed by atoms with Gasteiger partial charge >= 0.3 is 11.7 Å². The van der Waals surface area contributed by atoms with E-state index in [9.17, 15) is 14.9 Å². The Kier molecular flexibility index (Phi) is 3.76. The van der Waals surface area contributed by atoms with Crippen LogP contribution in [0.3, 0.4) is 0 Å². The molecule has 3 aromatic rings. The Morgan fingerprint density at radius 3 is 2.65 bits per heavy atom. The molecule has 0 amide bonds. The van der Waals surface area contributed by atoms with Gasteiger partial charge in [-0.3, -0.25) is 4.98 Å². The molecule has 0 saturated carbocycles. The molecule has 0 unspecified atom stereocenters. The zero-order valence-electron chi connectivity index (χ0n) is 12.3. The van der Waals surface area contributed by atoms with Crippen LogP contribution in [0.1, 0.15) is 17.4 Å². The van der Waals surface area contributed by atoms with Crippen molar-refractivity contribution in [2.45, 2.75) is 6.92 Å². The molecule has 0 radical (unpaired) electrons. The van der Waals surface area contributed by atoms with E-state index in [-0.39, 0.29) is 29.0 Å². The minimum atomic E-state index is -0.843. The molecule has 0 aliphatic carbocycles. The maximum absolute atomic E-state index is 12.7. The van der Waals surface area contributed by atoms with E-state index >= 15 is 0 Å². The number of para-hydroxylation sites is 2. The van der Waals surface area contributed by atoms with Gasteiger partial charge in [0.2, 0.25) is 5.69 Å². The minimum absolute atomic E-state index is 0.0560. The van der Waals surface area contributed by atoms with Crippen molar-refractivity contribution in [2.24, 2.45) is 0 Å². The zero-order chi connectivity index (χ0) is 16.4. The third kappa shape index (κ3) is 2.42. The summed E-state index contributed by atoms with van der Waals surface area (Å²) in [4.78, 5) is 28.9. The maximum Gasteiger partial charge on any atom is 0.361 e. The molecule has 2 aromatic heterocycles. The number of ether oxygens (including phenoxy) is 1. The van der Waals surface area contributed by atoms with Crippen molar-refractivity contribution in [3.8, 4) is 11.3 Å². The summed E-state index contributed by atoms with van der Waals surface area (Å²) in [6.07, 6.45) is 2.96. The molecule has 1 aromatic carbocycles. The van der Waals surface area contributed by atoms with Gasteiger partial charge < -0.3 is 14.7 Å². The Morgan fingerprint density at radius 2 is 1.96 bits per heavy atom. The highest BCUT2D eigenvalue weighted by molar-refractivity contribution is 5.95. The molecule has 116 valence electrons. The quantitative estimate of drug-likeness (QED) is 0.546. The molecule has 7 nitrogen and oxygen atoms in total. The summed E-state index contributed by atoms with van der Waals surface area (Å²) in [7, 11) is 0. The van der Waals surface area contributed by atoms with E-state index in [1.807, 2.05) is 0 Å². The van der Waals surface area contributed by atoms with Gasteiger partial charge in [-0.05, 0) is 25.1 Å². The third-order valence-corrected chi connectivity index (χ3v) is 3.37. The Hall–Kier alpha value is -3.22. The lowest BCUT2D eigenvalue weighted by atomic mass is 10.1. The Bertz CT molecular complexity index is 935. The van der Waals surface area contributed by atoms with Gasteiger partial charge in [-0.15, -0.1) is 0 Å². The second kappa shape index (κ2) is 5.88. The van der Waals surface area contributed by atoms with E-state index in [1.54, 1.807) is 31.2 Å². The van der Waals surface area contributed by atoms with Crippen LogP contribution < -0.4 is 4.43 Å². The lowest BCUT2D eigenvalue weighted by Gasteiger charge is -2.17. The van der Waals surface area contributed by atoms with Crippen LogP contribution in [0.5, 0.6) is 0 Å². The van der Waals surface area contributed by atoms with Gasteiger partial charge in [0, 0.05) is 23.4 Å². The first kappa shape index (κ1) is 14.7. The van der Waals surface area contributed by atoms with Crippen molar-refractivity contribution in [3.63, 3.8) is 0 Å². The summed E-state index contributed by atoms with van der Waals surface area (Å²) in [5, 5.41) is 12.6. The third-order valence-electron chi connectivity index (χ3n) is 3.37. The van der Waals surface area contributed by atoms with Gasteiger partial charge in [0.15, 0.2) is 0 Å². The molecule has 0 aliphatic rings. The molecular weight excluding hydrogens is 298 g/mol. The monoisotopic (exact) mass is 311 g/mol. The standard InChI is InChI=1S/C16H13N3O4/c1-2-23-16(20)15-14(11-7-9-17-10-8-11)18(21)12-5-3-4-6-13(12)19(15)22/h3-10H,2H2,1H3. The number of hydrogen-bond donors (Lipinski definition) is 0. The van der Waals surface area contributed by atoms with Gasteiger partial charge in [-0.1, -0.05) is 12.1 Å². The van der Waals surface area contributed by atoms with Crippen molar-refractivity contribution in [3.05, 3.63) is 64.6 Å². The second-order valence-electron chi connectivity index (χ2n) is 4.73. The van der Waals surface area contributed by atoms with Gasteiger partial charge in [-0.25, -0.2) is 4.79 Å². The number of rotatable bonds is 3. The van der Waals surface area contributed by atoms with E-state index in [1.165, 1.54) is 24.5 Å². The molecule has 0 aliphatic heterocycles. The number of aromatic nitrogens is 3. The van der Waals surface area contributed by atoms with Gasteiger partial charge in [-0.2, -0.15) is 0 Å². The molecule has 0 saturated heterocycles. The normalized spacial score (nSPS) is 10.7. The average molecular weight is 311 g/mol. The highest BCUT2D eigenvalue weighted by Gasteiger charge is 2.29. The zero-order valence-corrected chi connectivity index (χ0v) is 12.3. The van der Waals surface area contributed by atoms with Crippen LogP contribution in [0.25, 0.3) is 22.3 Å². The molecule has 0 fully saturated rings. The Labute approximate surface area is 131 Å². The summed E-state index contributed by atoms with van der Waals surface area (Å²) in [5.41, 5.74) is 0.283. The van der Waals surface area contributed by atoms with Crippen molar-refractivity contribution in [1.29, 1.82) is 0 Å². The van der Waals surface area contributed by atoms with Gasteiger partial charge in [0.25, 0.3) is 5.52 Å². The van der Waals surface area contributed by atoms with Crippen LogP contribution in [0.2, 0.25) is 0 Å². The second-order valence-corrected chi connectivity index (χ2v) is 4.73. The first-order valence-electron chi connectivity index (χ1n) is 7.00. The minimum Gasteiger partial charge on any atom is -0.805 e. The van der Waals surface area contributed by atoms with Gasteiger partial charge in [0.1, 0.15) is 5.52 Å². The molecule has 7 heteroatoms. The molecule has 0 atom stereocenters. The SMILES string of the molecule is CCOC(=O)c1c(-c2ccncc2)[n+](=O)c2ccccc2n1[O-]. The van der Waals surface area contributed by atoms with E-state index in [2.05, 4.69) is 4.98 Å². The predicted molar refractivity (Wildman–Crippen MR) is 83.3 cm³/mol. The van der Waals surface area contributed by atoms with E-state index < -0.39 is 5.97 Å². The number of carbonyl (C=O) groups excluding carboxylic acids is 1. The summed E-state index contributed by atoms with van der Waals surface area (Å²) < 4.78 is 5.96. The number of hydrogen-bond acceptors (Lipinski definition) is 5. The average Bonchev–Trinajstić information content (AvgIpc) is 2.58. The molecule has 2 heterocycles. The number of nitrogens with zero attached hydrogens (tertiary/aromatic N) is 3. The molecule has 23 heavy (non-hydrogen) atoms. The fourth-order valence-corrected chi connectivity index (χ4v) is 2.38. The predicted octanol–water partition coefficient (Wildman–Crippen LogP) is 2.14. The van der Waals surface area contributed by atoms with Crippen molar-refractivity contribution in [1.82, 2.24) is 9.71 Å². The topological polar surface area (TPSA) is 90.2 Å². The highest BCUT2D eigenvalue weighted by atomic mass is 16.5. The first-order valence-corrected chi connectivity index (χ1v) is 7.00. The summed E-state index contributed by atoms with van der Waals surface area (Å²) in [6.45, 7) is 1.73. The Balaban J connectivity index is 2.45. The van der Waals surface area contributed by atoms with Gasteiger partial charge in [0.05, 0.1) is 16.6 Å². The maximum atomic E-state index is 12.7. The summed E-state index contributed by atoms with van der Waals surface area (Å²) in [5.74, 6) is -0.843. The molecular formula is C16H13N3O4. The lowest BCUT2D eigenvalue weighted by molar-refractivity contribution is -0.452.